The summed E-state index contributed by atoms with van der Waals surface area (Å²) < 4.78 is 0. The van der Waals surface area contributed by atoms with Crippen LogP contribution in [0.2, 0.25) is 0 Å². The molecule has 2 N–H and O–H groups in total. The molecule has 0 unspecified atom stereocenters. The second-order valence-electron chi connectivity index (χ2n) is 7.76. The molecule has 2 aliphatic rings. The lowest BCUT2D eigenvalue weighted by atomic mass is 9.73. The Morgan fingerprint density at radius 1 is 1.30 bits per heavy atom. The van der Waals surface area contributed by atoms with Crippen LogP contribution in [0.4, 0.5) is 4.79 Å². The summed E-state index contributed by atoms with van der Waals surface area (Å²) in [6, 6.07) is 9.21. The molecule has 0 aromatic heterocycles. The van der Waals surface area contributed by atoms with E-state index in [-0.39, 0.29) is 30.3 Å². The van der Waals surface area contributed by atoms with Crippen LogP contribution >= 0.6 is 0 Å². The van der Waals surface area contributed by atoms with Gasteiger partial charge in [-0.25, -0.2) is 4.79 Å². The number of imide groups is 1. The molecule has 1 aromatic carbocycles. The first-order valence-electron chi connectivity index (χ1n) is 9.96. The molecular formula is C21H29N3O3. The van der Waals surface area contributed by atoms with Gasteiger partial charge in [0.15, 0.2) is 0 Å². The van der Waals surface area contributed by atoms with Gasteiger partial charge in [0.1, 0.15) is 12.1 Å². The van der Waals surface area contributed by atoms with Crippen molar-refractivity contribution in [3.63, 3.8) is 0 Å². The number of urea groups is 1. The maximum absolute atomic E-state index is 13.0. The molecule has 1 aromatic rings. The zero-order valence-corrected chi connectivity index (χ0v) is 16.2. The Kier molecular flexibility index (Phi) is 5.82. The third-order valence-electron chi connectivity index (χ3n) is 5.92. The number of benzene rings is 1. The Morgan fingerprint density at radius 2 is 2.04 bits per heavy atom. The van der Waals surface area contributed by atoms with Gasteiger partial charge < -0.3 is 10.6 Å². The van der Waals surface area contributed by atoms with E-state index in [9.17, 15) is 14.4 Å². The Morgan fingerprint density at radius 3 is 2.70 bits per heavy atom. The SMILES string of the molecule is CCC[C@H](NC(=O)CN1C(=O)N[C@]2(CCCC[C@@H]2C)C1=O)c1ccccc1. The number of hydrogen-bond donors (Lipinski definition) is 2. The van der Waals surface area contributed by atoms with Gasteiger partial charge in [-0.05, 0) is 30.7 Å². The Labute approximate surface area is 160 Å². The normalized spacial score (nSPS) is 26.1. The zero-order valence-electron chi connectivity index (χ0n) is 16.2. The van der Waals surface area contributed by atoms with Crippen LogP contribution in [0.25, 0.3) is 0 Å². The molecule has 4 amide bonds. The van der Waals surface area contributed by atoms with Crippen LogP contribution in [-0.4, -0.2) is 34.8 Å². The lowest BCUT2D eigenvalue weighted by Gasteiger charge is -2.36. The maximum atomic E-state index is 13.0. The van der Waals surface area contributed by atoms with Crippen molar-refractivity contribution in [2.45, 2.75) is 64.0 Å². The maximum Gasteiger partial charge on any atom is 0.325 e. The number of carbonyl (C=O) groups excluding carboxylic acids is 3. The molecule has 1 spiro atoms. The molecule has 1 aliphatic heterocycles. The Balaban J connectivity index is 1.68. The van der Waals surface area contributed by atoms with Gasteiger partial charge in [0.05, 0.1) is 6.04 Å². The summed E-state index contributed by atoms with van der Waals surface area (Å²) in [5.41, 5.74) is 0.208. The van der Waals surface area contributed by atoms with E-state index in [1.807, 2.05) is 37.3 Å². The summed E-state index contributed by atoms with van der Waals surface area (Å²) in [6.45, 7) is 3.84. The minimum atomic E-state index is -0.822. The number of amides is 4. The minimum absolute atomic E-state index is 0.0907. The quantitative estimate of drug-likeness (QED) is 0.754. The van der Waals surface area contributed by atoms with E-state index < -0.39 is 11.6 Å². The van der Waals surface area contributed by atoms with Gasteiger partial charge in [0.25, 0.3) is 5.91 Å². The van der Waals surface area contributed by atoms with Crippen molar-refractivity contribution in [3.05, 3.63) is 35.9 Å². The lowest BCUT2D eigenvalue weighted by Crippen LogP contribution is -2.54. The molecule has 146 valence electrons. The second kappa shape index (κ2) is 8.11. The molecule has 1 saturated heterocycles. The van der Waals surface area contributed by atoms with Crippen molar-refractivity contribution in [2.24, 2.45) is 5.92 Å². The smallest absolute Gasteiger partial charge is 0.325 e. The number of nitrogens with zero attached hydrogens (tertiary/aromatic N) is 1. The summed E-state index contributed by atoms with van der Waals surface area (Å²) in [6.07, 6.45) is 5.28. The first-order chi connectivity index (χ1) is 13.0. The van der Waals surface area contributed by atoms with Gasteiger partial charge in [-0.3, -0.25) is 14.5 Å². The van der Waals surface area contributed by atoms with Crippen molar-refractivity contribution in [3.8, 4) is 0 Å². The van der Waals surface area contributed by atoms with Crippen LogP contribution in [0.1, 0.15) is 64.0 Å². The summed E-state index contributed by atoms with van der Waals surface area (Å²) >= 11 is 0. The van der Waals surface area contributed by atoms with Gasteiger partial charge >= 0.3 is 6.03 Å². The predicted octanol–water partition coefficient (Wildman–Crippen LogP) is 3.14. The molecule has 0 bridgehead atoms. The highest BCUT2D eigenvalue weighted by molar-refractivity contribution is 6.09. The monoisotopic (exact) mass is 371 g/mol. The molecule has 1 heterocycles. The third-order valence-corrected chi connectivity index (χ3v) is 5.92. The fourth-order valence-electron chi connectivity index (χ4n) is 4.32. The van der Waals surface area contributed by atoms with Gasteiger partial charge in [-0.2, -0.15) is 0 Å². The van der Waals surface area contributed by atoms with Crippen molar-refractivity contribution >= 4 is 17.8 Å². The summed E-state index contributed by atoms with van der Waals surface area (Å²) in [7, 11) is 0. The van der Waals surface area contributed by atoms with Crippen LogP contribution in [0.3, 0.4) is 0 Å². The van der Waals surface area contributed by atoms with Crippen molar-refractivity contribution in [2.75, 3.05) is 6.54 Å². The molecule has 27 heavy (non-hydrogen) atoms. The van der Waals surface area contributed by atoms with Gasteiger partial charge in [0, 0.05) is 0 Å². The summed E-state index contributed by atoms with van der Waals surface area (Å²) in [5.74, 6) is -0.462. The standard InChI is InChI=1S/C21H29N3O3/c1-3-9-17(16-11-5-4-6-12-16)22-18(25)14-24-19(26)21(23-20(24)27)13-8-7-10-15(21)2/h4-6,11-12,15,17H,3,7-10,13-14H2,1-2H3,(H,22,25)(H,23,27)/t15-,17-,21-/m0/s1. The van der Waals surface area contributed by atoms with E-state index in [0.717, 1.165) is 42.6 Å². The average molecular weight is 371 g/mol. The van der Waals surface area contributed by atoms with E-state index in [2.05, 4.69) is 17.6 Å². The highest BCUT2D eigenvalue weighted by Crippen LogP contribution is 2.38. The van der Waals surface area contributed by atoms with Crippen LogP contribution in [-0.2, 0) is 9.59 Å². The highest BCUT2D eigenvalue weighted by Gasteiger charge is 2.55. The van der Waals surface area contributed by atoms with Gasteiger partial charge in [-0.15, -0.1) is 0 Å². The molecule has 3 atom stereocenters. The van der Waals surface area contributed by atoms with Gasteiger partial charge in [-0.1, -0.05) is 63.4 Å². The lowest BCUT2D eigenvalue weighted by molar-refractivity contribution is -0.137. The third kappa shape index (κ3) is 3.84. The van der Waals surface area contributed by atoms with Crippen LogP contribution < -0.4 is 10.6 Å². The molecule has 1 saturated carbocycles. The predicted molar refractivity (Wildman–Crippen MR) is 103 cm³/mol. The molecule has 3 rings (SSSR count). The number of carbonyl (C=O) groups is 3. The zero-order chi connectivity index (χ0) is 19.4. The molecule has 2 fully saturated rings. The average Bonchev–Trinajstić information content (AvgIpc) is 2.89. The van der Waals surface area contributed by atoms with Gasteiger partial charge in [0.2, 0.25) is 5.91 Å². The van der Waals surface area contributed by atoms with Crippen LogP contribution in [0, 0.1) is 5.92 Å². The Bertz CT molecular complexity index is 706. The summed E-state index contributed by atoms with van der Waals surface area (Å²) in [5, 5.41) is 5.88. The van der Waals surface area contributed by atoms with E-state index in [4.69, 9.17) is 0 Å². The first-order valence-corrected chi connectivity index (χ1v) is 9.96. The molecular weight excluding hydrogens is 342 g/mol. The van der Waals surface area contributed by atoms with Crippen molar-refractivity contribution in [1.29, 1.82) is 0 Å². The first kappa shape index (κ1) is 19.4. The van der Waals surface area contributed by atoms with E-state index in [0.29, 0.717) is 6.42 Å². The highest BCUT2D eigenvalue weighted by atomic mass is 16.2. The van der Waals surface area contributed by atoms with E-state index in [1.54, 1.807) is 0 Å². The Hall–Kier alpha value is -2.37. The summed E-state index contributed by atoms with van der Waals surface area (Å²) in [4.78, 5) is 39.1. The van der Waals surface area contributed by atoms with Crippen molar-refractivity contribution < 1.29 is 14.4 Å². The topological polar surface area (TPSA) is 78.5 Å². The number of hydrogen-bond acceptors (Lipinski definition) is 3. The second-order valence-corrected chi connectivity index (χ2v) is 7.76. The number of rotatable bonds is 6. The minimum Gasteiger partial charge on any atom is -0.348 e. The fourth-order valence-corrected chi connectivity index (χ4v) is 4.32. The fraction of sp³-hybridized carbons (Fsp3) is 0.571. The molecule has 6 heteroatoms. The molecule has 0 radical (unpaired) electrons. The number of nitrogens with one attached hydrogen (secondary N) is 2. The largest absolute Gasteiger partial charge is 0.348 e. The van der Waals surface area contributed by atoms with Crippen LogP contribution in [0.15, 0.2) is 30.3 Å². The molecule has 6 nitrogen and oxygen atoms in total. The van der Waals surface area contributed by atoms with Crippen molar-refractivity contribution in [1.82, 2.24) is 15.5 Å². The van der Waals surface area contributed by atoms with E-state index in [1.165, 1.54) is 0 Å². The molecule has 1 aliphatic carbocycles. The van der Waals surface area contributed by atoms with E-state index >= 15 is 0 Å². The van der Waals surface area contributed by atoms with Crippen LogP contribution in [0.5, 0.6) is 0 Å².